The smallest absolute Gasteiger partial charge is 0.0763 e. The summed E-state index contributed by atoms with van der Waals surface area (Å²) in [5.41, 5.74) is 9.21. The molecular weight excluding hydrogens is 324 g/mol. The van der Waals surface area contributed by atoms with Gasteiger partial charge in [0.05, 0.1) is 11.4 Å². The molecule has 1 aliphatic heterocycles. The van der Waals surface area contributed by atoms with Gasteiger partial charge in [0.2, 0.25) is 0 Å². The molecule has 2 N–H and O–H groups in total. The summed E-state index contributed by atoms with van der Waals surface area (Å²) < 4.78 is 1.96. The van der Waals surface area contributed by atoms with Crippen molar-refractivity contribution in [3.05, 3.63) is 54.1 Å². The molecule has 1 saturated heterocycles. The van der Waals surface area contributed by atoms with Gasteiger partial charge in [-0.05, 0) is 25.1 Å². The lowest BCUT2D eigenvalue weighted by Crippen LogP contribution is -2.51. The summed E-state index contributed by atoms with van der Waals surface area (Å²) in [6, 6.07) is 11.2. The molecule has 0 bridgehead atoms. The van der Waals surface area contributed by atoms with Crippen molar-refractivity contribution in [3.8, 4) is 0 Å². The Hall–Kier alpha value is -2.44. The van der Waals surface area contributed by atoms with Crippen LogP contribution in [0, 0.1) is 0 Å². The molecule has 3 aromatic rings. The standard InChI is InChI=1S/C20H26N6/c1-15-13-26(20-5-3-4-16-12-22-7-6-19(16)20)9-8-25(15)14-18-10-17(11-21)23-24(18)2/h3-7,10,12,15H,8-9,11,13-14,21H2,1-2H3. The van der Waals surface area contributed by atoms with Crippen LogP contribution in [0.3, 0.4) is 0 Å². The van der Waals surface area contributed by atoms with E-state index in [9.17, 15) is 0 Å². The van der Waals surface area contributed by atoms with Crippen molar-refractivity contribution in [1.29, 1.82) is 0 Å². The minimum atomic E-state index is 0.470. The highest BCUT2D eigenvalue weighted by Crippen LogP contribution is 2.28. The Labute approximate surface area is 154 Å². The van der Waals surface area contributed by atoms with Gasteiger partial charge in [-0.3, -0.25) is 14.6 Å². The SMILES string of the molecule is CC1CN(c2cccc3cnccc23)CCN1Cc1cc(CN)nn1C. The first-order valence-electron chi connectivity index (χ1n) is 9.19. The summed E-state index contributed by atoms with van der Waals surface area (Å²) in [5.74, 6) is 0. The fourth-order valence-electron chi connectivity index (χ4n) is 3.86. The van der Waals surface area contributed by atoms with Crippen molar-refractivity contribution in [2.24, 2.45) is 12.8 Å². The second-order valence-corrected chi connectivity index (χ2v) is 7.09. The van der Waals surface area contributed by atoms with Crippen LogP contribution in [0.5, 0.6) is 0 Å². The quantitative estimate of drug-likeness (QED) is 0.781. The molecule has 0 spiro atoms. The van der Waals surface area contributed by atoms with Gasteiger partial charge in [0, 0.05) is 74.7 Å². The third-order valence-corrected chi connectivity index (χ3v) is 5.37. The van der Waals surface area contributed by atoms with E-state index in [1.54, 1.807) is 0 Å². The summed E-state index contributed by atoms with van der Waals surface area (Å²) >= 11 is 0. The van der Waals surface area contributed by atoms with E-state index in [-0.39, 0.29) is 0 Å². The molecule has 26 heavy (non-hydrogen) atoms. The number of fused-ring (bicyclic) bond motifs is 1. The van der Waals surface area contributed by atoms with Crippen molar-refractivity contribution in [3.63, 3.8) is 0 Å². The second-order valence-electron chi connectivity index (χ2n) is 7.09. The van der Waals surface area contributed by atoms with Gasteiger partial charge >= 0.3 is 0 Å². The average Bonchev–Trinajstić information content (AvgIpc) is 3.02. The molecule has 0 amide bonds. The third-order valence-electron chi connectivity index (χ3n) is 5.37. The number of anilines is 1. The molecule has 0 saturated carbocycles. The van der Waals surface area contributed by atoms with Crippen LogP contribution in [0.25, 0.3) is 10.8 Å². The maximum atomic E-state index is 5.72. The van der Waals surface area contributed by atoms with Crippen LogP contribution in [-0.2, 0) is 20.1 Å². The lowest BCUT2D eigenvalue weighted by atomic mass is 10.1. The Kier molecular flexibility index (Phi) is 4.61. The molecule has 6 heteroatoms. The molecule has 3 heterocycles. The second kappa shape index (κ2) is 7.05. The summed E-state index contributed by atoms with van der Waals surface area (Å²) in [7, 11) is 2.00. The van der Waals surface area contributed by atoms with E-state index in [4.69, 9.17) is 5.73 Å². The van der Waals surface area contributed by atoms with E-state index < -0.39 is 0 Å². The summed E-state index contributed by atoms with van der Waals surface area (Å²) in [6.45, 7) is 6.78. The monoisotopic (exact) mass is 350 g/mol. The number of nitrogens with two attached hydrogens (primary N) is 1. The van der Waals surface area contributed by atoms with Gasteiger partial charge in [-0.25, -0.2) is 0 Å². The van der Waals surface area contributed by atoms with E-state index in [0.717, 1.165) is 31.9 Å². The molecule has 1 aromatic carbocycles. The van der Waals surface area contributed by atoms with Crippen LogP contribution in [0.15, 0.2) is 42.7 Å². The van der Waals surface area contributed by atoms with Crippen LogP contribution in [-0.4, -0.2) is 45.3 Å². The molecule has 1 fully saturated rings. The largest absolute Gasteiger partial charge is 0.368 e. The zero-order chi connectivity index (χ0) is 18.1. The van der Waals surface area contributed by atoms with Crippen molar-refractivity contribution >= 4 is 16.5 Å². The van der Waals surface area contributed by atoms with Crippen molar-refractivity contribution in [1.82, 2.24) is 19.7 Å². The number of aromatic nitrogens is 3. The number of hydrogen-bond acceptors (Lipinski definition) is 5. The van der Waals surface area contributed by atoms with E-state index in [0.29, 0.717) is 12.6 Å². The summed E-state index contributed by atoms with van der Waals surface area (Å²) in [5, 5.41) is 6.94. The molecular formula is C20H26N6. The number of pyridine rings is 1. The third kappa shape index (κ3) is 3.18. The first kappa shape index (κ1) is 17.0. The molecule has 2 aromatic heterocycles. The Morgan fingerprint density at radius 1 is 1.23 bits per heavy atom. The van der Waals surface area contributed by atoms with Gasteiger partial charge in [0.25, 0.3) is 0 Å². The van der Waals surface area contributed by atoms with Gasteiger partial charge in [-0.15, -0.1) is 0 Å². The molecule has 0 radical (unpaired) electrons. The molecule has 1 atom stereocenters. The predicted octanol–water partition coefficient (Wildman–Crippen LogP) is 2.14. The fourth-order valence-corrected chi connectivity index (χ4v) is 3.86. The summed E-state index contributed by atoms with van der Waals surface area (Å²) in [6.07, 6.45) is 3.82. The van der Waals surface area contributed by atoms with E-state index in [2.05, 4.69) is 57.1 Å². The lowest BCUT2D eigenvalue weighted by Gasteiger charge is -2.41. The predicted molar refractivity (Wildman–Crippen MR) is 105 cm³/mol. The molecule has 4 rings (SSSR count). The zero-order valence-electron chi connectivity index (χ0n) is 15.5. The van der Waals surface area contributed by atoms with E-state index in [1.165, 1.54) is 22.2 Å². The normalized spacial score (nSPS) is 18.6. The van der Waals surface area contributed by atoms with Crippen molar-refractivity contribution in [2.45, 2.75) is 26.1 Å². The van der Waals surface area contributed by atoms with Crippen molar-refractivity contribution in [2.75, 3.05) is 24.5 Å². The fraction of sp³-hybridized carbons (Fsp3) is 0.400. The van der Waals surface area contributed by atoms with E-state index >= 15 is 0 Å². The minimum Gasteiger partial charge on any atom is -0.368 e. The highest BCUT2D eigenvalue weighted by Gasteiger charge is 2.25. The lowest BCUT2D eigenvalue weighted by molar-refractivity contribution is 0.177. The Bertz CT molecular complexity index is 897. The Morgan fingerprint density at radius 3 is 2.88 bits per heavy atom. The van der Waals surface area contributed by atoms with Gasteiger partial charge in [0.15, 0.2) is 0 Å². The van der Waals surface area contributed by atoms with Crippen LogP contribution in [0.2, 0.25) is 0 Å². The van der Waals surface area contributed by atoms with Crippen LogP contribution in [0.4, 0.5) is 5.69 Å². The molecule has 6 nitrogen and oxygen atoms in total. The van der Waals surface area contributed by atoms with E-state index in [1.807, 2.05) is 24.1 Å². The highest BCUT2D eigenvalue weighted by atomic mass is 15.3. The van der Waals surface area contributed by atoms with Gasteiger partial charge in [0.1, 0.15) is 0 Å². The zero-order valence-corrected chi connectivity index (χ0v) is 15.5. The Balaban J connectivity index is 1.50. The average molecular weight is 350 g/mol. The summed E-state index contributed by atoms with van der Waals surface area (Å²) in [4.78, 5) is 9.27. The molecule has 1 unspecified atom stereocenters. The molecule has 0 aliphatic carbocycles. The maximum absolute atomic E-state index is 5.72. The van der Waals surface area contributed by atoms with Gasteiger partial charge in [-0.1, -0.05) is 12.1 Å². The maximum Gasteiger partial charge on any atom is 0.0763 e. The number of piperazine rings is 1. The highest BCUT2D eigenvalue weighted by molar-refractivity contribution is 5.93. The molecule has 1 aliphatic rings. The topological polar surface area (TPSA) is 63.2 Å². The van der Waals surface area contributed by atoms with Gasteiger partial charge < -0.3 is 10.6 Å². The number of benzene rings is 1. The van der Waals surface area contributed by atoms with Crippen LogP contribution in [0.1, 0.15) is 18.3 Å². The number of hydrogen-bond donors (Lipinski definition) is 1. The first-order valence-corrected chi connectivity index (χ1v) is 9.19. The van der Waals surface area contributed by atoms with Crippen molar-refractivity contribution < 1.29 is 0 Å². The van der Waals surface area contributed by atoms with Gasteiger partial charge in [-0.2, -0.15) is 5.10 Å². The van der Waals surface area contributed by atoms with Crippen LogP contribution >= 0.6 is 0 Å². The minimum absolute atomic E-state index is 0.470. The number of rotatable bonds is 4. The first-order chi connectivity index (χ1) is 12.7. The Morgan fingerprint density at radius 2 is 2.12 bits per heavy atom. The number of nitrogens with zero attached hydrogens (tertiary/aromatic N) is 5. The van der Waals surface area contributed by atoms with Crippen LogP contribution < -0.4 is 10.6 Å². The number of aryl methyl sites for hydroxylation is 1. The molecule has 136 valence electrons.